The van der Waals surface area contributed by atoms with Gasteiger partial charge in [-0.3, -0.25) is 4.98 Å². The minimum absolute atomic E-state index is 0.0280. The molecule has 0 fully saturated rings. The van der Waals surface area contributed by atoms with Gasteiger partial charge in [-0.2, -0.15) is 8.78 Å². The highest BCUT2D eigenvalue weighted by Gasteiger charge is 2.30. The van der Waals surface area contributed by atoms with Gasteiger partial charge in [-0.15, -0.1) is 0 Å². The van der Waals surface area contributed by atoms with Crippen LogP contribution in [0.5, 0.6) is 0 Å². The molecule has 0 spiro atoms. The van der Waals surface area contributed by atoms with Crippen molar-refractivity contribution in [2.45, 2.75) is 19.4 Å². The van der Waals surface area contributed by atoms with Crippen LogP contribution in [0.25, 0.3) is 0 Å². The van der Waals surface area contributed by atoms with Gasteiger partial charge in [0.25, 0.3) is 5.92 Å². The van der Waals surface area contributed by atoms with Crippen LogP contribution in [0.4, 0.5) is 8.78 Å². The molecule has 0 unspecified atom stereocenters. The van der Waals surface area contributed by atoms with Crippen LogP contribution in [0.15, 0.2) is 48.7 Å². The van der Waals surface area contributed by atoms with Crippen LogP contribution in [0.2, 0.25) is 0 Å². The summed E-state index contributed by atoms with van der Waals surface area (Å²) in [5, 5.41) is 2.77. The fourth-order valence-corrected chi connectivity index (χ4v) is 1.83. The van der Waals surface area contributed by atoms with Gasteiger partial charge in [0.05, 0.1) is 12.2 Å². The Balaban J connectivity index is 1.94. The number of aromatic nitrogens is 1. The summed E-state index contributed by atoms with van der Waals surface area (Å²) in [7, 11) is 0. The van der Waals surface area contributed by atoms with E-state index in [1.54, 1.807) is 24.4 Å². The Hall–Kier alpha value is -1.81. The van der Waals surface area contributed by atoms with Crippen LogP contribution < -0.4 is 5.32 Å². The van der Waals surface area contributed by atoms with Crippen molar-refractivity contribution >= 4 is 0 Å². The lowest BCUT2D eigenvalue weighted by Crippen LogP contribution is -2.30. The van der Waals surface area contributed by atoms with Crippen molar-refractivity contribution in [3.8, 4) is 0 Å². The van der Waals surface area contributed by atoms with Crippen LogP contribution >= 0.6 is 0 Å². The monoisotopic (exact) mass is 262 g/mol. The van der Waals surface area contributed by atoms with E-state index in [1.807, 2.05) is 19.1 Å². The number of hydrogen-bond acceptors (Lipinski definition) is 2. The molecule has 0 amide bonds. The molecule has 1 heterocycles. The van der Waals surface area contributed by atoms with Crippen LogP contribution in [0, 0.1) is 6.92 Å². The smallest absolute Gasteiger partial charge is 0.285 e. The lowest BCUT2D eigenvalue weighted by Gasteiger charge is -2.17. The molecule has 2 nitrogen and oxygen atoms in total. The van der Waals surface area contributed by atoms with E-state index in [0.717, 1.165) is 11.3 Å². The molecular formula is C15H16F2N2. The Morgan fingerprint density at radius 3 is 2.53 bits per heavy atom. The average molecular weight is 262 g/mol. The second-order valence-corrected chi connectivity index (χ2v) is 4.44. The SMILES string of the molecule is Cc1cccnc1CNCC(F)(F)c1ccccc1. The van der Waals surface area contributed by atoms with Crippen molar-refractivity contribution in [3.63, 3.8) is 0 Å². The zero-order valence-electron chi connectivity index (χ0n) is 10.7. The average Bonchev–Trinajstić information content (AvgIpc) is 2.42. The number of benzene rings is 1. The molecule has 0 atom stereocenters. The molecule has 2 aromatic rings. The lowest BCUT2D eigenvalue weighted by atomic mass is 10.1. The van der Waals surface area contributed by atoms with Gasteiger partial charge in [-0.25, -0.2) is 0 Å². The second-order valence-electron chi connectivity index (χ2n) is 4.44. The number of pyridine rings is 1. The maximum absolute atomic E-state index is 13.9. The molecule has 0 aliphatic carbocycles. The summed E-state index contributed by atoms with van der Waals surface area (Å²) in [6, 6.07) is 11.6. The Morgan fingerprint density at radius 2 is 1.84 bits per heavy atom. The third-order valence-electron chi connectivity index (χ3n) is 2.95. The number of hydrogen-bond donors (Lipinski definition) is 1. The lowest BCUT2D eigenvalue weighted by molar-refractivity contribution is -0.00351. The maximum atomic E-state index is 13.9. The number of rotatable bonds is 5. The third kappa shape index (κ3) is 3.58. The molecule has 0 radical (unpaired) electrons. The van der Waals surface area contributed by atoms with E-state index in [1.165, 1.54) is 12.1 Å². The Morgan fingerprint density at radius 1 is 1.11 bits per heavy atom. The maximum Gasteiger partial charge on any atom is 0.285 e. The van der Waals surface area contributed by atoms with E-state index < -0.39 is 12.5 Å². The molecule has 0 saturated heterocycles. The van der Waals surface area contributed by atoms with Crippen LogP contribution in [-0.4, -0.2) is 11.5 Å². The number of nitrogens with zero attached hydrogens (tertiary/aromatic N) is 1. The highest BCUT2D eigenvalue weighted by molar-refractivity contribution is 5.21. The zero-order valence-corrected chi connectivity index (χ0v) is 10.7. The standard InChI is InChI=1S/C15H16F2N2/c1-12-6-5-9-19-14(12)10-18-11-15(16,17)13-7-3-2-4-8-13/h2-9,18H,10-11H2,1H3. The van der Waals surface area contributed by atoms with Gasteiger partial charge in [-0.1, -0.05) is 36.4 Å². The molecule has 100 valence electrons. The van der Waals surface area contributed by atoms with Gasteiger partial charge >= 0.3 is 0 Å². The van der Waals surface area contributed by atoms with E-state index in [9.17, 15) is 8.78 Å². The topological polar surface area (TPSA) is 24.9 Å². The molecule has 1 aromatic heterocycles. The molecule has 4 heteroatoms. The summed E-state index contributed by atoms with van der Waals surface area (Å²) in [6.07, 6.45) is 1.67. The quantitative estimate of drug-likeness (QED) is 0.894. The second kappa shape index (κ2) is 5.89. The van der Waals surface area contributed by atoms with E-state index in [-0.39, 0.29) is 5.56 Å². The van der Waals surface area contributed by atoms with E-state index in [2.05, 4.69) is 10.3 Å². The summed E-state index contributed by atoms with van der Waals surface area (Å²) in [5.74, 6) is -2.87. The first kappa shape index (κ1) is 13.6. The summed E-state index contributed by atoms with van der Waals surface area (Å²) < 4.78 is 27.8. The van der Waals surface area contributed by atoms with Gasteiger partial charge in [0.15, 0.2) is 0 Å². The van der Waals surface area contributed by atoms with Gasteiger partial charge in [-0.05, 0) is 18.6 Å². The van der Waals surface area contributed by atoms with Crippen molar-refractivity contribution in [3.05, 3.63) is 65.5 Å². The first-order valence-electron chi connectivity index (χ1n) is 6.14. The van der Waals surface area contributed by atoms with Crippen molar-refractivity contribution in [2.75, 3.05) is 6.54 Å². The van der Waals surface area contributed by atoms with Crippen LogP contribution in [-0.2, 0) is 12.5 Å². The van der Waals surface area contributed by atoms with Crippen molar-refractivity contribution in [2.24, 2.45) is 0 Å². The number of alkyl halides is 2. The molecule has 0 aliphatic heterocycles. The minimum Gasteiger partial charge on any atom is -0.305 e. The van der Waals surface area contributed by atoms with Gasteiger partial charge in [0, 0.05) is 18.3 Å². The largest absolute Gasteiger partial charge is 0.305 e. The van der Waals surface area contributed by atoms with Gasteiger partial charge in [0.1, 0.15) is 0 Å². The van der Waals surface area contributed by atoms with Crippen LogP contribution in [0.3, 0.4) is 0 Å². The van der Waals surface area contributed by atoms with E-state index in [0.29, 0.717) is 6.54 Å². The molecule has 2 rings (SSSR count). The van der Waals surface area contributed by atoms with E-state index in [4.69, 9.17) is 0 Å². The molecule has 0 aliphatic rings. The Kier molecular flexibility index (Phi) is 4.22. The highest BCUT2D eigenvalue weighted by Crippen LogP contribution is 2.26. The molecule has 1 aromatic carbocycles. The minimum atomic E-state index is -2.87. The predicted molar refractivity (Wildman–Crippen MR) is 71.0 cm³/mol. The third-order valence-corrected chi connectivity index (χ3v) is 2.95. The first-order chi connectivity index (χ1) is 9.09. The fraction of sp³-hybridized carbons (Fsp3) is 0.267. The Bertz CT molecular complexity index is 527. The molecule has 0 bridgehead atoms. The van der Waals surface area contributed by atoms with Crippen molar-refractivity contribution in [1.82, 2.24) is 10.3 Å². The summed E-state index contributed by atoms with van der Waals surface area (Å²) in [5.41, 5.74) is 1.82. The summed E-state index contributed by atoms with van der Waals surface area (Å²) >= 11 is 0. The normalized spacial score (nSPS) is 11.5. The molecular weight excluding hydrogens is 246 g/mol. The molecule has 19 heavy (non-hydrogen) atoms. The van der Waals surface area contributed by atoms with Crippen LogP contribution in [0.1, 0.15) is 16.8 Å². The highest BCUT2D eigenvalue weighted by atomic mass is 19.3. The first-order valence-corrected chi connectivity index (χ1v) is 6.14. The van der Waals surface area contributed by atoms with Gasteiger partial charge in [0.2, 0.25) is 0 Å². The number of nitrogens with one attached hydrogen (secondary N) is 1. The predicted octanol–water partition coefficient (Wildman–Crippen LogP) is 3.27. The molecule has 0 saturated carbocycles. The number of aryl methyl sites for hydroxylation is 1. The zero-order chi connectivity index (χ0) is 13.7. The summed E-state index contributed by atoms with van der Waals surface area (Å²) in [4.78, 5) is 4.16. The van der Waals surface area contributed by atoms with Gasteiger partial charge < -0.3 is 5.32 Å². The van der Waals surface area contributed by atoms with E-state index >= 15 is 0 Å². The number of halogens is 2. The van der Waals surface area contributed by atoms with Crippen molar-refractivity contribution < 1.29 is 8.78 Å². The van der Waals surface area contributed by atoms with Crippen molar-refractivity contribution in [1.29, 1.82) is 0 Å². The summed E-state index contributed by atoms with van der Waals surface area (Å²) in [6.45, 7) is 1.86. The molecule has 1 N–H and O–H groups in total. The Labute approximate surface area is 111 Å². The fourth-order valence-electron chi connectivity index (χ4n) is 1.83.